The van der Waals surface area contributed by atoms with Crippen LogP contribution in [0.15, 0.2) is 71.1 Å². The SMILES string of the molecule is COc1ccc(NC(=S)Nc2ccc3c(c2)oc2ccccc23)cc1. The molecule has 4 nitrogen and oxygen atoms in total. The van der Waals surface area contributed by atoms with Crippen molar-refractivity contribution in [2.24, 2.45) is 0 Å². The van der Waals surface area contributed by atoms with Gasteiger partial charge in [-0.2, -0.15) is 0 Å². The van der Waals surface area contributed by atoms with E-state index in [0.29, 0.717) is 5.11 Å². The quantitative estimate of drug-likeness (QED) is 0.485. The molecule has 0 amide bonds. The van der Waals surface area contributed by atoms with E-state index in [1.165, 1.54) is 0 Å². The van der Waals surface area contributed by atoms with Crippen LogP contribution in [0.1, 0.15) is 0 Å². The molecule has 0 spiro atoms. The Bertz CT molecular complexity index is 1050. The summed E-state index contributed by atoms with van der Waals surface area (Å²) in [5.74, 6) is 0.805. The second kappa shape index (κ2) is 6.45. The van der Waals surface area contributed by atoms with Gasteiger partial charge >= 0.3 is 0 Å². The van der Waals surface area contributed by atoms with Crippen LogP contribution >= 0.6 is 12.2 Å². The van der Waals surface area contributed by atoms with Gasteiger partial charge in [-0.25, -0.2) is 0 Å². The predicted octanol–water partition coefficient (Wildman–Crippen LogP) is 5.40. The fourth-order valence-corrected chi connectivity index (χ4v) is 3.01. The van der Waals surface area contributed by atoms with E-state index in [4.69, 9.17) is 21.4 Å². The summed E-state index contributed by atoms with van der Waals surface area (Å²) < 4.78 is 11.0. The third kappa shape index (κ3) is 3.14. The molecule has 25 heavy (non-hydrogen) atoms. The second-order valence-electron chi connectivity index (χ2n) is 5.62. The number of nitrogens with one attached hydrogen (secondary N) is 2. The lowest BCUT2D eigenvalue weighted by Crippen LogP contribution is -2.18. The molecule has 0 bridgehead atoms. The number of hydrogen-bond donors (Lipinski definition) is 2. The van der Waals surface area contributed by atoms with Crippen molar-refractivity contribution >= 4 is 50.6 Å². The minimum Gasteiger partial charge on any atom is -0.497 e. The number of furan rings is 1. The van der Waals surface area contributed by atoms with Gasteiger partial charge < -0.3 is 19.8 Å². The zero-order valence-corrected chi connectivity index (χ0v) is 14.4. The van der Waals surface area contributed by atoms with Gasteiger partial charge in [0.2, 0.25) is 0 Å². The Morgan fingerprint density at radius 2 is 1.52 bits per heavy atom. The summed E-state index contributed by atoms with van der Waals surface area (Å²) in [6.07, 6.45) is 0. The lowest BCUT2D eigenvalue weighted by atomic mass is 10.1. The van der Waals surface area contributed by atoms with Gasteiger partial charge in [0.1, 0.15) is 16.9 Å². The maximum atomic E-state index is 5.90. The van der Waals surface area contributed by atoms with Crippen molar-refractivity contribution < 1.29 is 9.15 Å². The number of anilines is 2. The fraction of sp³-hybridized carbons (Fsp3) is 0.0500. The molecule has 0 radical (unpaired) electrons. The number of rotatable bonds is 3. The minimum absolute atomic E-state index is 0.514. The third-order valence-corrected chi connectivity index (χ3v) is 4.19. The summed E-state index contributed by atoms with van der Waals surface area (Å²) in [6, 6.07) is 21.6. The number of para-hydroxylation sites is 1. The lowest BCUT2D eigenvalue weighted by Gasteiger charge is -2.11. The van der Waals surface area contributed by atoms with E-state index >= 15 is 0 Å². The number of benzene rings is 3. The maximum Gasteiger partial charge on any atom is 0.175 e. The van der Waals surface area contributed by atoms with Gasteiger partial charge in [0.05, 0.1) is 7.11 Å². The molecule has 124 valence electrons. The van der Waals surface area contributed by atoms with E-state index in [1.807, 2.05) is 60.7 Å². The molecule has 0 aliphatic carbocycles. The van der Waals surface area contributed by atoms with Crippen LogP contribution in [0.4, 0.5) is 11.4 Å². The molecule has 5 heteroatoms. The molecule has 0 unspecified atom stereocenters. The summed E-state index contributed by atoms with van der Waals surface area (Å²) in [6.45, 7) is 0. The van der Waals surface area contributed by atoms with Crippen LogP contribution < -0.4 is 15.4 Å². The Hall–Kier alpha value is -3.05. The minimum atomic E-state index is 0.514. The van der Waals surface area contributed by atoms with Crippen molar-refractivity contribution in [2.75, 3.05) is 17.7 Å². The Balaban J connectivity index is 1.53. The lowest BCUT2D eigenvalue weighted by molar-refractivity contribution is 0.415. The molecule has 0 aliphatic rings. The van der Waals surface area contributed by atoms with Gasteiger partial charge in [-0.15, -0.1) is 0 Å². The van der Waals surface area contributed by atoms with Crippen molar-refractivity contribution in [1.82, 2.24) is 0 Å². The molecule has 0 saturated carbocycles. The summed E-state index contributed by atoms with van der Waals surface area (Å²) >= 11 is 5.38. The summed E-state index contributed by atoms with van der Waals surface area (Å²) in [4.78, 5) is 0. The standard InChI is InChI=1S/C20H16N2O2S/c1-23-15-9-6-13(7-10-15)21-20(25)22-14-8-11-17-16-4-2-3-5-18(16)24-19(17)12-14/h2-12H,1H3,(H2,21,22,25). The molecular formula is C20H16N2O2S. The van der Waals surface area contributed by atoms with Gasteiger partial charge in [0.25, 0.3) is 0 Å². The first-order chi connectivity index (χ1) is 12.2. The number of thiocarbonyl (C=S) groups is 1. The number of ether oxygens (including phenoxy) is 1. The fourth-order valence-electron chi connectivity index (χ4n) is 2.77. The van der Waals surface area contributed by atoms with E-state index < -0.39 is 0 Å². The summed E-state index contributed by atoms with van der Waals surface area (Å²) in [5.41, 5.74) is 3.48. The Morgan fingerprint density at radius 3 is 2.32 bits per heavy atom. The average Bonchev–Trinajstić information content (AvgIpc) is 3.00. The number of hydrogen-bond acceptors (Lipinski definition) is 3. The maximum absolute atomic E-state index is 5.90. The first kappa shape index (κ1) is 15.5. The van der Waals surface area contributed by atoms with E-state index in [-0.39, 0.29) is 0 Å². The first-order valence-electron chi connectivity index (χ1n) is 7.86. The van der Waals surface area contributed by atoms with Gasteiger partial charge in [-0.3, -0.25) is 0 Å². The van der Waals surface area contributed by atoms with Crippen LogP contribution in [0.2, 0.25) is 0 Å². The Kier molecular flexibility index (Phi) is 3.99. The highest BCUT2D eigenvalue weighted by Crippen LogP contribution is 2.30. The van der Waals surface area contributed by atoms with Crippen molar-refractivity contribution in [3.05, 3.63) is 66.7 Å². The monoisotopic (exact) mass is 348 g/mol. The van der Waals surface area contributed by atoms with Gasteiger partial charge in [-0.05, 0) is 54.7 Å². The normalized spacial score (nSPS) is 10.8. The van der Waals surface area contributed by atoms with Crippen molar-refractivity contribution in [3.63, 3.8) is 0 Å². The molecule has 3 aromatic carbocycles. The van der Waals surface area contributed by atoms with E-state index in [9.17, 15) is 0 Å². The first-order valence-corrected chi connectivity index (χ1v) is 8.27. The molecule has 0 saturated heterocycles. The molecular weight excluding hydrogens is 332 g/mol. The second-order valence-corrected chi connectivity index (χ2v) is 6.03. The molecule has 4 aromatic rings. The molecule has 0 aliphatic heterocycles. The van der Waals surface area contributed by atoms with E-state index in [0.717, 1.165) is 39.1 Å². The largest absolute Gasteiger partial charge is 0.497 e. The number of methoxy groups -OCH3 is 1. The van der Waals surface area contributed by atoms with Gasteiger partial charge in [0.15, 0.2) is 5.11 Å². The smallest absolute Gasteiger partial charge is 0.175 e. The summed E-state index contributed by atoms with van der Waals surface area (Å²) in [5, 5.41) is 9.06. The van der Waals surface area contributed by atoms with Crippen molar-refractivity contribution in [3.8, 4) is 5.75 Å². The molecule has 1 aromatic heterocycles. The van der Waals surface area contributed by atoms with Crippen LogP contribution in [-0.2, 0) is 0 Å². The highest BCUT2D eigenvalue weighted by Gasteiger charge is 2.07. The van der Waals surface area contributed by atoms with Gasteiger partial charge in [0, 0.05) is 28.2 Å². The van der Waals surface area contributed by atoms with E-state index in [2.05, 4.69) is 16.7 Å². The van der Waals surface area contributed by atoms with Crippen LogP contribution in [0.3, 0.4) is 0 Å². The Morgan fingerprint density at radius 1 is 0.840 bits per heavy atom. The highest BCUT2D eigenvalue weighted by atomic mass is 32.1. The average molecular weight is 348 g/mol. The number of fused-ring (bicyclic) bond motifs is 3. The van der Waals surface area contributed by atoms with Crippen molar-refractivity contribution in [1.29, 1.82) is 0 Å². The van der Waals surface area contributed by atoms with Crippen LogP contribution in [0.5, 0.6) is 5.75 Å². The molecule has 0 fully saturated rings. The van der Waals surface area contributed by atoms with Crippen LogP contribution in [0, 0.1) is 0 Å². The Labute approximate surface area is 150 Å². The summed E-state index contributed by atoms with van der Waals surface area (Å²) in [7, 11) is 1.64. The van der Waals surface area contributed by atoms with E-state index in [1.54, 1.807) is 7.11 Å². The highest BCUT2D eigenvalue weighted by molar-refractivity contribution is 7.80. The topological polar surface area (TPSA) is 46.4 Å². The molecule has 4 rings (SSSR count). The molecule has 0 atom stereocenters. The zero-order valence-electron chi connectivity index (χ0n) is 13.6. The van der Waals surface area contributed by atoms with Crippen LogP contribution in [-0.4, -0.2) is 12.2 Å². The third-order valence-electron chi connectivity index (χ3n) is 3.98. The zero-order chi connectivity index (χ0) is 17.2. The molecule has 1 heterocycles. The molecule has 2 N–H and O–H groups in total. The van der Waals surface area contributed by atoms with Crippen LogP contribution in [0.25, 0.3) is 21.9 Å². The van der Waals surface area contributed by atoms with Gasteiger partial charge in [-0.1, -0.05) is 18.2 Å². The van der Waals surface area contributed by atoms with Crippen molar-refractivity contribution in [2.45, 2.75) is 0 Å². The predicted molar refractivity (Wildman–Crippen MR) is 107 cm³/mol.